The third-order valence-corrected chi connectivity index (χ3v) is 3.01. The molecular formula is C15H16ClNO. The molecule has 0 radical (unpaired) electrons. The molecule has 94 valence electrons. The summed E-state index contributed by atoms with van der Waals surface area (Å²) in [5.74, 6) is 0.865. The van der Waals surface area contributed by atoms with E-state index in [0.717, 1.165) is 23.0 Å². The molecule has 0 heterocycles. The molecule has 0 saturated carbocycles. The highest BCUT2D eigenvalue weighted by atomic mass is 35.5. The number of hydrogen-bond acceptors (Lipinski definition) is 2. The van der Waals surface area contributed by atoms with E-state index in [9.17, 15) is 0 Å². The average molecular weight is 262 g/mol. The fraction of sp³-hybridized carbons (Fsp3) is 0.200. The average Bonchev–Trinajstić information content (AvgIpc) is 2.39. The van der Waals surface area contributed by atoms with Crippen molar-refractivity contribution >= 4 is 17.3 Å². The van der Waals surface area contributed by atoms with E-state index >= 15 is 0 Å². The van der Waals surface area contributed by atoms with Gasteiger partial charge in [-0.25, -0.2) is 0 Å². The Labute approximate surface area is 113 Å². The summed E-state index contributed by atoms with van der Waals surface area (Å²) in [4.78, 5) is 0. The highest BCUT2D eigenvalue weighted by molar-refractivity contribution is 6.30. The summed E-state index contributed by atoms with van der Waals surface area (Å²) in [7, 11) is 1.68. The molecule has 3 heteroatoms. The predicted molar refractivity (Wildman–Crippen MR) is 76.5 cm³/mol. The van der Waals surface area contributed by atoms with Gasteiger partial charge < -0.3 is 10.1 Å². The van der Waals surface area contributed by atoms with Gasteiger partial charge in [0.2, 0.25) is 0 Å². The highest BCUT2D eigenvalue weighted by Crippen LogP contribution is 2.25. The second-order valence-corrected chi connectivity index (χ2v) is 4.62. The molecule has 0 aliphatic carbocycles. The molecule has 2 aromatic rings. The molecule has 1 N–H and O–H groups in total. The Morgan fingerprint density at radius 2 is 1.83 bits per heavy atom. The molecule has 0 amide bonds. The normalized spacial score (nSPS) is 10.2. The zero-order chi connectivity index (χ0) is 13.0. The largest absolute Gasteiger partial charge is 0.495 e. The van der Waals surface area contributed by atoms with E-state index in [4.69, 9.17) is 16.3 Å². The minimum absolute atomic E-state index is 0.747. The number of rotatable bonds is 4. The van der Waals surface area contributed by atoms with Crippen LogP contribution in [-0.2, 0) is 6.54 Å². The fourth-order valence-electron chi connectivity index (χ4n) is 1.74. The number of halogens is 1. The monoisotopic (exact) mass is 261 g/mol. The van der Waals surface area contributed by atoms with Crippen molar-refractivity contribution in [3.63, 3.8) is 0 Å². The topological polar surface area (TPSA) is 21.3 Å². The molecule has 0 aliphatic rings. The predicted octanol–water partition coefficient (Wildman–Crippen LogP) is 4.27. The molecule has 0 spiro atoms. The minimum atomic E-state index is 0.747. The molecule has 0 saturated heterocycles. The van der Waals surface area contributed by atoms with Crippen LogP contribution in [0.1, 0.15) is 11.1 Å². The summed E-state index contributed by atoms with van der Waals surface area (Å²) in [6, 6.07) is 13.9. The van der Waals surface area contributed by atoms with E-state index in [-0.39, 0.29) is 0 Å². The molecular weight excluding hydrogens is 246 g/mol. The number of benzene rings is 2. The molecule has 0 bridgehead atoms. The van der Waals surface area contributed by atoms with Gasteiger partial charge in [0.1, 0.15) is 5.75 Å². The van der Waals surface area contributed by atoms with Gasteiger partial charge in [-0.05, 0) is 42.3 Å². The summed E-state index contributed by atoms with van der Waals surface area (Å²) >= 11 is 5.85. The van der Waals surface area contributed by atoms with E-state index in [1.165, 1.54) is 11.1 Å². The first-order valence-electron chi connectivity index (χ1n) is 5.82. The Morgan fingerprint density at radius 3 is 2.50 bits per heavy atom. The van der Waals surface area contributed by atoms with Gasteiger partial charge in [-0.1, -0.05) is 29.8 Å². The van der Waals surface area contributed by atoms with Crippen LogP contribution >= 0.6 is 11.6 Å². The number of anilines is 1. The van der Waals surface area contributed by atoms with Crippen LogP contribution in [-0.4, -0.2) is 7.11 Å². The summed E-state index contributed by atoms with van der Waals surface area (Å²) in [5, 5.41) is 4.12. The molecule has 0 aliphatic heterocycles. The Morgan fingerprint density at radius 1 is 1.11 bits per heavy atom. The second-order valence-electron chi connectivity index (χ2n) is 4.18. The molecule has 2 nitrogen and oxygen atoms in total. The van der Waals surface area contributed by atoms with Crippen LogP contribution in [0.5, 0.6) is 5.75 Å². The summed E-state index contributed by atoms with van der Waals surface area (Å²) < 4.78 is 5.35. The first-order valence-corrected chi connectivity index (χ1v) is 6.20. The van der Waals surface area contributed by atoms with Gasteiger partial charge in [0, 0.05) is 11.6 Å². The molecule has 0 fully saturated rings. The van der Waals surface area contributed by atoms with Gasteiger partial charge in [-0.3, -0.25) is 0 Å². The van der Waals surface area contributed by atoms with Crippen molar-refractivity contribution in [2.24, 2.45) is 0 Å². The second kappa shape index (κ2) is 5.78. The Hall–Kier alpha value is -1.67. The SMILES string of the molecule is COc1cc(C)ccc1NCc1ccc(Cl)cc1. The maximum atomic E-state index is 5.85. The first-order chi connectivity index (χ1) is 8.69. The van der Waals surface area contributed by atoms with Crippen LogP contribution in [0.15, 0.2) is 42.5 Å². The molecule has 0 aromatic heterocycles. The molecule has 2 aromatic carbocycles. The number of hydrogen-bond donors (Lipinski definition) is 1. The lowest BCUT2D eigenvalue weighted by Gasteiger charge is -2.12. The molecule has 18 heavy (non-hydrogen) atoms. The lowest BCUT2D eigenvalue weighted by Crippen LogP contribution is -2.01. The lowest BCUT2D eigenvalue weighted by atomic mass is 10.2. The fourth-order valence-corrected chi connectivity index (χ4v) is 1.87. The van der Waals surface area contributed by atoms with Gasteiger partial charge in [0.25, 0.3) is 0 Å². The van der Waals surface area contributed by atoms with E-state index in [1.807, 2.05) is 43.3 Å². The quantitative estimate of drug-likeness (QED) is 0.888. The van der Waals surface area contributed by atoms with E-state index < -0.39 is 0 Å². The van der Waals surface area contributed by atoms with Crippen molar-refractivity contribution in [2.75, 3.05) is 12.4 Å². The third-order valence-electron chi connectivity index (χ3n) is 2.75. The maximum absolute atomic E-state index is 5.85. The number of methoxy groups -OCH3 is 1. The van der Waals surface area contributed by atoms with Gasteiger partial charge in [-0.2, -0.15) is 0 Å². The van der Waals surface area contributed by atoms with Crippen LogP contribution in [0.2, 0.25) is 5.02 Å². The third kappa shape index (κ3) is 3.17. The Bertz CT molecular complexity index is 523. The van der Waals surface area contributed by atoms with Crippen LogP contribution in [0.4, 0.5) is 5.69 Å². The van der Waals surface area contributed by atoms with Crippen molar-refractivity contribution in [3.05, 3.63) is 58.6 Å². The van der Waals surface area contributed by atoms with Crippen molar-refractivity contribution in [1.29, 1.82) is 0 Å². The standard InChI is InChI=1S/C15H16ClNO/c1-11-3-8-14(15(9-11)18-2)17-10-12-4-6-13(16)7-5-12/h3-9,17H,10H2,1-2H3. The first kappa shape index (κ1) is 12.8. The van der Waals surface area contributed by atoms with Gasteiger partial charge in [-0.15, -0.1) is 0 Å². The lowest BCUT2D eigenvalue weighted by molar-refractivity contribution is 0.416. The highest BCUT2D eigenvalue weighted by Gasteiger charge is 2.02. The molecule has 0 atom stereocenters. The number of nitrogens with one attached hydrogen (secondary N) is 1. The maximum Gasteiger partial charge on any atom is 0.142 e. The van der Waals surface area contributed by atoms with Gasteiger partial charge in [0.05, 0.1) is 12.8 Å². The molecule has 2 rings (SSSR count). The van der Waals surface area contributed by atoms with Crippen molar-refractivity contribution in [2.45, 2.75) is 13.5 Å². The van der Waals surface area contributed by atoms with Crippen LogP contribution in [0.3, 0.4) is 0 Å². The van der Waals surface area contributed by atoms with Crippen molar-refractivity contribution in [1.82, 2.24) is 0 Å². The zero-order valence-corrected chi connectivity index (χ0v) is 11.3. The summed E-state index contributed by atoms with van der Waals surface area (Å²) in [5.41, 5.74) is 3.36. The summed E-state index contributed by atoms with van der Waals surface area (Å²) in [6.07, 6.45) is 0. The minimum Gasteiger partial charge on any atom is -0.495 e. The van der Waals surface area contributed by atoms with Crippen molar-refractivity contribution in [3.8, 4) is 5.75 Å². The zero-order valence-electron chi connectivity index (χ0n) is 10.5. The van der Waals surface area contributed by atoms with Crippen LogP contribution < -0.4 is 10.1 Å². The number of aryl methyl sites for hydroxylation is 1. The van der Waals surface area contributed by atoms with E-state index in [2.05, 4.69) is 11.4 Å². The van der Waals surface area contributed by atoms with Crippen molar-refractivity contribution < 1.29 is 4.74 Å². The summed E-state index contributed by atoms with van der Waals surface area (Å²) in [6.45, 7) is 2.79. The van der Waals surface area contributed by atoms with E-state index in [0.29, 0.717) is 0 Å². The van der Waals surface area contributed by atoms with Crippen LogP contribution in [0, 0.1) is 6.92 Å². The number of ether oxygens (including phenoxy) is 1. The van der Waals surface area contributed by atoms with Gasteiger partial charge >= 0.3 is 0 Å². The van der Waals surface area contributed by atoms with E-state index in [1.54, 1.807) is 7.11 Å². The van der Waals surface area contributed by atoms with Gasteiger partial charge in [0.15, 0.2) is 0 Å². The molecule has 0 unspecified atom stereocenters. The Kier molecular flexibility index (Phi) is 4.11. The van der Waals surface area contributed by atoms with Crippen LogP contribution in [0.25, 0.3) is 0 Å². The Balaban J connectivity index is 2.08. The smallest absolute Gasteiger partial charge is 0.142 e.